The average molecular weight is 801 g/mol. The summed E-state index contributed by atoms with van der Waals surface area (Å²) in [6.45, 7) is 1.70. The van der Waals surface area contributed by atoms with E-state index in [2.05, 4.69) is 0 Å². The van der Waals surface area contributed by atoms with Crippen LogP contribution in [0.25, 0.3) is 0 Å². The Bertz CT molecular complexity index is 1360. The van der Waals surface area contributed by atoms with E-state index in [1.165, 1.54) is 0 Å². The van der Waals surface area contributed by atoms with Crippen LogP contribution >= 0.6 is 100 Å². The molecule has 0 bridgehead atoms. The molecular formula is C24H24Cl8NO10P. The molecule has 3 heterocycles. The number of quaternary nitrogens is 1. The SMILES string of the molecule is CCOC(=O)[C@@H]1CO[P-]23(OC[C@H]1C(=O)OCC)(Oc1c(Cl)c(Cl)c(Cl)c(Cl)c1O2)Oc1c(Cl)c(Cl)c(Cl)c(Cl)c1O3.C[NH2+]C. The van der Waals surface area contributed by atoms with Crippen LogP contribution in [0, 0.1) is 11.8 Å². The molecule has 0 saturated carbocycles. The van der Waals surface area contributed by atoms with Gasteiger partial charge in [-0.05, 0) is 0 Å². The van der Waals surface area contributed by atoms with Crippen LogP contribution < -0.4 is 23.4 Å². The molecule has 1 saturated heterocycles. The molecule has 1 fully saturated rings. The first-order valence-electron chi connectivity index (χ1n) is 12.7. The Morgan fingerprint density at radius 2 is 0.864 bits per heavy atom. The zero-order valence-corrected chi connectivity index (χ0v) is 30.1. The van der Waals surface area contributed by atoms with E-state index < -0.39 is 44.3 Å². The summed E-state index contributed by atoms with van der Waals surface area (Å²) in [4.78, 5) is 26.1. The topological polar surface area (TPSA) is 125 Å². The Labute approximate surface area is 291 Å². The molecule has 2 N–H and O–H groups in total. The van der Waals surface area contributed by atoms with E-state index in [9.17, 15) is 9.59 Å². The third kappa shape index (κ3) is 5.59. The number of esters is 2. The predicted molar refractivity (Wildman–Crippen MR) is 168 cm³/mol. The second kappa shape index (κ2) is 12.7. The van der Waals surface area contributed by atoms with Crippen LogP contribution in [-0.2, 0) is 28.1 Å². The minimum atomic E-state index is -6.85. The molecule has 0 amide bonds. The van der Waals surface area contributed by atoms with Crippen molar-refractivity contribution >= 4 is 112 Å². The Hall–Kier alpha value is -0.790. The van der Waals surface area contributed by atoms with E-state index in [1.54, 1.807) is 13.8 Å². The molecule has 5 rings (SSSR count). The molecule has 2 aromatic rings. The van der Waals surface area contributed by atoms with Gasteiger partial charge in [0.05, 0.1) is 14.1 Å². The van der Waals surface area contributed by atoms with Gasteiger partial charge >= 0.3 is 274 Å². The summed E-state index contributed by atoms with van der Waals surface area (Å²) in [5, 5.41) is -0.0989. The van der Waals surface area contributed by atoms with Gasteiger partial charge in [0.2, 0.25) is 0 Å². The standard InChI is InChI=1S/C22H16Cl8O10P.C2H7N/c1-3-33-21(31)7-5-35-41(36-6-8(7)22(32)34-4-2,37-17-13(27)9(23)10(24)14(28)18(17)38-41)39-19-15(29)11(25)12(26)16(30)20(19)40-41;1-3-2/h7-8H,3-6H2,1-2H3;3H,1-2H3/q-1;/p+1/t7-,8-;/m1./s1. The van der Waals surface area contributed by atoms with Gasteiger partial charge in [0.1, 0.15) is 0 Å². The molecule has 246 valence electrons. The van der Waals surface area contributed by atoms with Crippen molar-refractivity contribution in [2.45, 2.75) is 13.8 Å². The first-order valence-corrected chi connectivity index (χ1v) is 17.9. The van der Waals surface area contributed by atoms with Crippen molar-refractivity contribution in [3.8, 4) is 23.0 Å². The number of ether oxygens (including phenoxy) is 2. The summed E-state index contributed by atoms with van der Waals surface area (Å²) < 4.78 is 47.5. The van der Waals surface area contributed by atoms with E-state index in [-0.39, 0.29) is 76.4 Å². The fourth-order valence-electron chi connectivity index (χ4n) is 4.27. The fraction of sp³-hybridized carbons (Fsp3) is 0.417. The van der Waals surface area contributed by atoms with Gasteiger partial charge in [0, 0.05) is 0 Å². The van der Waals surface area contributed by atoms with Gasteiger partial charge in [-0.15, -0.1) is 0 Å². The Morgan fingerprint density at radius 3 is 1.09 bits per heavy atom. The van der Waals surface area contributed by atoms with Crippen molar-refractivity contribution < 1.29 is 51.5 Å². The number of carbonyl (C=O) groups is 2. The number of nitrogens with two attached hydrogens (primary N) is 1. The van der Waals surface area contributed by atoms with Gasteiger partial charge in [0.15, 0.2) is 0 Å². The van der Waals surface area contributed by atoms with Crippen molar-refractivity contribution in [3.05, 3.63) is 40.2 Å². The minimum Gasteiger partial charge on any atom is -0.351 e. The zero-order valence-electron chi connectivity index (χ0n) is 23.1. The molecule has 20 heteroatoms. The molecule has 3 aliphatic heterocycles. The van der Waals surface area contributed by atoms with Gasteiger partial charge < -0.3 is 5.32 Å². The van der Waals surface area contributed by atoms with Gasteiger partial charge in [-0.25, -0.2) is 0 Å². The van der Waals surface area contributed by atoms with Crippen molar-refractivity contribution in [2.24, 2.45) is 11.8 Å². The number of benzene rings is 2. The smallest absolute Gasteiger partial charge is 0.0647 e. The largest absolute Gasteiger partial charge is 0.351 e. The normalized spacial score (nSPS) is 22.9. The second-order valence-electron chi connectivity index (χ2n) is 9.20. The average Bonchev–Trinajstić information content (AvgIpc) is 3.42. The first-order chi connectivity index (χ1) is 20.6. The van der Waals surface area contributed by atoms with Crippen LogP contribution in [0.5, 0.6) is 23.0 Å². The van der Waals surface area contributed by atoms with Gasteiger partial charge in [-0.2, -0.15) is 0 Å². The van der Waals surface area contributed by atoms with Crippen molar-refractivity contribution in [3.63, 3.8) is 0 Å². The van der Waals surface area contributed by atoms with Gasteiger partial charge in [0.25, 0.3) is 0 Å². The summed E-state index contributed by atoms with van der Waals surface area (Å²) >= 11 is 50.9. The van der Waals surface area contributed by atoms with Crippen LogP contribution in [0.3, 0.4) is 0 Å². The molecule has 44 heavy (non-hydrogen) atoms. The minimum absolute atomic E-state index is 0.0150. The Kier molecular flexibility index (Phi) is 10.4. The van der Waals surface area contributed by atoms with E-state index in [1.807, 2.05) is 19.4 Å². The van der Waals surface area contributed by atoms with Crippen LogP contribution in [0.4, 0.5) is 0 Å². The zero-order chi connectivity index (χ0) is 32.8. The van der Waals surface area contributed by atoms with Gasteiger partial charge in [-0.3, -0.25) is 0 Å². The molecule has 0 unspecified atom stereocenters. The molecule has 2 atom stereocenters. The van der Waals surface area contributed by atoms with Crippen molar-refractivity contribution in [2.75, 3.05) is 40.5 Å². The fourth-order valence-corrected chi connectivity index (χ4v) is 10.1. The summed E-state index contributed by atoms with van der Waals surface area (Å²) in [7, 11) is -2.85. The summed E-state index contributed by atoms with van der Waals surface area (Å²) in [6.07, 6.45) is 0. The molecule has 0 radical (unpaired) electrons. The van der Waals surface area contributed by atoms with Crippen LogP contribution in [0.1, 0.15) is 13.8 Å². The first kappa shape index (κ1) is 36.1. The summed E-state index contributed by atoms with van der Waals surface area (Å²) in [5.41, 5.74) is 0. The predicted octanol–water partition coefficient (Wildman–Crippen LogP) is 7.95. The third-order valence-corrected chi connectivity index (χ3v) is 13.3. The number of hydrogen-bond acceptors (Lipinski definition) is 10. The monoisotopic (exact) mass is 797 g/mol. The number of halogens is 8. The van der Waals surface area contributed by atoms with Crippen LogP contribution in [-0.4, -0.2) is 52.5 Å². The maximum atomic E-state index is 13.0. The van der Waals surface area contributed by atoms with Crippen LogP contribution in [0.2, 0.25) is 40.2 Å². The van der Waals surface area contributed by atoms with E-state index in [0.29, 0.717) is 0 Å². The molecular weight excluding hydrogens is 777 g/mol. The number of fused-ring (bicyclic) bond motifs is 2. The third-order valence-electron chi connectivity index (χ3n) is 6.18. The second-order valence-corrected chi connectivity index (χ2v) is 15.7. The number of hydrogen-bond donors (Lipinski definition) is 1. The molecule has 0 aliphatic carbocycles. The summed E-state index contributed by atoms with van der Waals surface area (Å²) in [6, 6.07) is 0. The summed E-state index contributed by atoms with van der Waals surface area (Å²) in [5.74, 6) is -5.84. The van der Waals surface area contributed by atoms with E-state index >= 15 is 0 Å². The van der Waals surface area contributed by atoms with E-state index in [0.717, 1.165) is 0 Å². The molecule has 0 aromatic heterocycles. The van der Waals surface area contributed by atoms with Gasteiger partial charge in [-0.1, -0.05) is 0 Å². The number of carbonyl (C=O) groups excluding carboxylic acids is 2. The van der Waals surface area contributed by atoms with E-state index in [4.69, 9.17) is 129 Å². The van der Waals surface area contributed by atoms with Crippen molar-refractivity contribution in [1.29, 1.82) is 0 Å². The maximum absolute atomic E-state index is 13.0. The molecule has 3 aliphatic rings. The van der Waals surface area contributed by atoms with Crippen molar-refractivity contribution in [1.82, 2.24) is 0 Å². The molecule has 1 spiro atoms. The number of rotatable bonds is 4. The Balaban J connectivity index is 0.00000141. The Morgan fingerprint density at radius 1 is 0.614 bits per heavy atom. The molecule has 11 nitrogen and oxygen atoms in total. The quantitative estimate of drug-likeness (QED) is 0.141. The maximum Gasteiger partial charge on any atom is 0.0647 e. The molecule has 2 aromatic carbocycles. The van der Waals surface area contributed by atoms with Crippen LogP contribution in [0.15, 0.2) is 0 Å².